The summed E-state index contributed by atoms with van der Waals surface area (Å²) in [5.41, 5.74) is 1.99. The van der Waals surface area contributed by atoms with Gasteiger partial charge >= 0.3 is 0 Å². The van der Waals surface area contributed by atoms with Crippen LogP contribution in [0.15, 0.2) is 48.5 Å². The smallest absolute Gasteiger partial charge is 0.224 e. The molecule has 2 aromatic carbocycles. The summed E-state index contributed by atoms with van der Waals surface area (Å²) in [4.78, 5) is 12.2. The van der Waals surface area contributed by atoms with Crippen LogP contribution in [0.3, 0.4) is 0 Å². The maximum Gasteiger partial charge on any atom is 0.224 e. The highest BCUT2D eigenvalue weighted by Gasteiger charge is 2.24. The first-order chi connectivity index (χ1) is 11.6. The second kappa shape index (κ2) is 7.80. The lowest BCUT2D eigenvalue weighted by atomic mass is 9.77. The Labute approximate surface area is 147 Å². The Bertz CT molecular complexity index is 676. The minimum atomic E-state index is -0.189. The molecular formula is C20H21ClFNO. The Morgan fingerprint density at radius 2 is 1.62 bits per heavy atom. The van der Waals surface area contributed by atoms with Crippen LogP contribution in [-0.2, 0) is 4.79 Å². The highest BCUT2D eigenvalue weighted by Crippen LogP contribution is 2.37. The van der Waals surface area contributed by atoms with E-state index >= 15 is 0 Å². The van der Waals surface area contributed by atoms with E-state index in [-0.39, 0.29) is 11.7 Å². The Hall–Kier alpha value is -1.87. The third kappa shape index (κ3) is 4.57. The van der Waals surface area contributed by atoms with Gasteiger partial charge in [-0.1, -0.05) is 23.7 Å². The van der Waals surface area contributed by atoms with E-state index in [2.05, 4.69) is 5.32 Å². The zero-order valence-corrected chi connectivity index (χ0v) is 14.2. The molecule has 0 aliphatic heterocycles. The van der Waals surface area contributed by atoms with Gasteiger partial charge in [0.15, 0.2) is 0 Å². The summed E-state index contributed by atoms with van der Waals surface area (Å²) in [7, 11) is 0. The molecule has 0 unspecified atom stereocenters. The van der Waals surface area contributed by atoms with Crippen LogP contribution in [0.1, 0.15) is 43.6 Å². The molecule has 126 valence electrons. The average Bonchev–Trinajstić information content (AvgIpc) is 2.58. The second-order valence-electron chi connectivity index (χ2n) is 6.53. The first-order valence-corrected chi connectivity index (χ1v) is 8.79. The molecule has 2 nitrogen and oxygen atoms in total. The van der Waals surface area contributed by atoms with Crippen molar-refractivity contribution in [2.75, 3.05) is 5.32 Å². The van der Waals surface area contributed by atoms with E-state index in [1.165, 1.54) is 17.7 Å². The molecule has 1 fully saturated rings. The standard InChI is InChI=1S/C20H21ClFNO/c21-17-7-11-19(12-8-17)23-20(24)13-14-1-3-15(4-2-14)16-5-9-18(22)10-6-16/h5-12,14-15H,1-4,13H2,(H,23,24)/t14-,15+. The number of hydrogen-bond acceptors (Lipinski definition) is 1. The number of carbonyl (C=O) groups excluding carboxylic acids is 1. The van der Waals surface area contributed by atoms with Gasteiger partial charge in [-0.05, 0) is 79.5 Å². The van der Waals surface area contributed by atoms with Crippen molar-refractivity contribution in [1.82, 2.24) is 0 Å². The van der Waals surface area contributed by atoms with E-state index in [1.54, 1.807) is 12.1 Å². The molecule has 2 aromatic rings. The Balaban J connectivity index is 1.47. The molecule has 0 spiro atoms. The van der Waals surface area contributed by atoms with Crippen molar-refractivity contribution in [3.63, 3.8) is 0 Å². The molecule has 0 heterocycles. The van der Waals surface area contributed by atoms with Crippen LogP contribution in [0.2, 0.25) is 5.02 Å². The molecule has 3 rings (SSSR count). The van der Waals surface area contributed by atoms with Gasteiger partial charge in [-0.3, -0.25) is 4.79 Å². The molecule has 1 aliphatic carbocycles. The monoisotopic (exact) mass is 345 g/mol. The van der Waals surface area contributed by atoms with Gasteiger partial charge in [0.1, 0.15) is 5.82 Å². The highest BCUT2D eigenvalue weighted by molar-refractivity contribution is 6.30. The number of benzene rings is 2. The van der Waals surface area contributed by atoms with Gasteiger partial charge in [0.2, 0.25) is 5.91 Å². The van der Waals surface area contributed by atoms with Gasteiger partial charge < -0.3 is 5.32 Å². The number of carbonyl (C=O) groups is 1. The molecule has 0 bridgehead atoms. The van der Waals surface area contributed by atoms with Gasteiger partial charge in [0, 0.05) is 17.1 Å². The van der Waals surface area contributed by atoms with E-state index in [0.29, 0.717) is 23.3 Å². The van der Waals surface area contributed by atoms with Crippen LogP contribution in [-0.4, -0.2) is 5.91 Å². The van der Waals surface area contributed by atoms with Gasteiger partial charge in [-0.25, -0.2) is 4.39 Å². The minimum Gasteiger partial charge on any atom is -0.326 e. The fraction of sp³-hybridized carbons (Fsp3) is 0.350. The lowest BCUT2D eigenvalue weighted by molar-refractivity contribution is -0.117. The predicted molar refractivity (Wildman–Crippen MR) is 95.8 cm³/mol. The topological polar surface area (TPSA) is 29.1 Å². The molecule has 0 atom stereocenters. The molecule has 24 heavy (non-hydrogen) atoms. The number of halogens is 2. The van der Waals surface area contributed by atoms with Crippen LogP contribution in [0.5, 0.6) is 0 Å². The fourth-order valence-corrected chi connectivity index (χ4v) is 3.57. The van der Waals surface area contributed by atoms with Crippen molar-refractivity contribution < 1.29 is 9.18 Å². The highest BCUT2D eigenvalue weighted by atomic mass is 35.5. The summed E-state index contributed by atoms with van der Waals surface area (Å²) in [6.07, 6.45) is 4.75. The molecule has 0 aromatic heterocycles. The van der Waals surface area contributed by atoms with Gasteiger partial charge in [-0.2, -0.15) is 0 Å². The van der Waals surface area contributed by atoms with E-state index in [4.69, 9.17) is 11.6 Å². The third-order valence-electron chi connectivity index (χ3n) is 4.79. The van der Waals surface area contributed by atoms with Gasteiger partial charge in [0.25, 0.3) is 0 Å². The van der Waals surface area contributed by atoms with Crippen molar-refractivity contribution in [3.8, 4) is 0 Å². The number of amides is 1. The normalized spacial score (nSPS) is 20.6. The van der Waals surface area contributed by atoms with Crippen LogP contribution in [0, 0.1) is 11.7 Å². The van der Waals surface area contributed by atoms with Gasteiger partial charge in [-0.15, -0.1) is 0 Å². The van der Waals surface area contributed by atoms with Crippen LogP contribution in [0.25, 0.3) is 0 Å². The predicted octanol–water partition coefficient (Wildman–Crippen LogP) is 5.78. The lowest BCUT2D eigenvalue weighted by Gasteiger charge is -2.28. The number of rotatable bonds is 4. The van der Waals surface area contributed by atoms with E-state index in [1.807, 2.05) is 24.3 Å². The number of hydrogen-bond donors (Lipinski definition) is 1. The van der Waals surface area contributed by atoms with E-state index in [0.717, 1.165) is 31.4 Å². The zero-order chi connectivity index (χ0) is 16.9. The average molecular weight is 346 g/mol. The van der Waals surface area contributed by atoms with Crippen LogP contribution >= 0.6 is 11.6 Å². The quantitative estimate of drug-likeness (QED) is 0.747. The van der Waals surface area contributed by atoms with Crippen molar-refractivity contribution in [2.45, 2.75) is 38.0 Å². The first-order valence-electron chi connectivity index (χ1n) is 8.41. The first kappa shape index (κ1) is 17.0. The summed E-state index contributed by atoms with van der Waals surface area (Å²) in [5, 5.41) is 3.59. The van der Waals surface area contributed by atoms with Crippen molar-refractivity contribution in [2.24, 2.45) is 5.92 Å². The molecule has 0 radical (unpaired) electrons. The molecule has 1 saturated carbocycles. The summed E-state index contributed by atoms with van der Waals surface area (Å²) >= 11 is 5.84. The lowest BCUT2D eigenvalue weighted by Crippen LogP contribution is -2.20. The van der Waals surface area contributed by atoms with Gasteiger partial charge in [0.05, 0.1) is 0 Å². The second-order valence-corrected chi connectivity index (χ2v) is 6.96. The molecule has 1 aliphatic rings. The van der Waals surface area contributed by atoms with E-state index < -0.39 is 0 Å². The van der Waals surface area contributed by atoms with Crippen molar-refractivity contribution in [3.05, 3.63) is 64.9 Å². The zero-order valence-electron chi connectivity index (χ0n) is 13.5. The SMILES string of the molecule is O=C(C[C@H]1CC[C@@H](c2ccc(F)cc2)CC1)Nc1ccc(Cl)cc1. The van der Waals surface area contributed by atoms with Crippen LogP contribution in [0.4, 0.5) is 10.1 Å². The summed E-state index contributed by atoms with van der Waals surface area (Å²) in [5.74, 6) is 0.782. The molecule has 1 amide bonds. The van der Waals surface area contributed by atoms with E-state index in [9.17, 15) is 9.18 Å². The van der Waals surface area contributed by atoms with Crippen LogP contribution < -0.4 is 5.32 Å². The number of nitrogens with one attached hydrogen (secondary N) is 1. The van der Waals surface area contributed by atoms with Crippen molar-refractivity contribution in [1.29, 1.82) is 0 Å². The molecule has 0 saturated heterocycles. The third-order valence-corrected chi connectivity index (χ3v) is 5.04. The molecule has 1 N–H and O–H groups in total. The minimum absolute atomic E-state index is 0.0579. The molecule has 4 heteroatoms. The maximum atomic E-state index is 13.0. The maximum absolute atomic E-state index is 13.0. The fourth-order valence-electron chi connectivity index (χ4n) is 3.44. The summed E-state index contributed by atoms with van der Waals surface area (Å²) in [6, 6.07) is 14.0. The Morgan fingerprint density at radius 3 is 2.25 bits per heavy atom. The summed E-state index contributed by atoms with van der Waals surface area (Å²) < 4.78 is 13.0. The largest absolute Gasteiger partial charge is 0.326 e. The van der Waals surface area contributed by atoms with Crippen molar-refractivity contribution >= 4 is 23.2 Å². The Kier molecular flexibility index (Phi) is 5.52. The summed E-state index contributed by atoms with van der Waals surface area (Å²) in [6.45, 7) is 0. The Morgan fingerprint density at radius 1 is 1.00 bits per heavy atom. The molecular weight excluding hydrogens is 325 g/mol. The number of anilines is 1.